The Balaban J connectivity index is 0.00000261. The van der Waals surface area contributed by atoms with Crippen LogP contribution in [0.25, 0.3) is 0 Å². The third-order valence-electron chi connectivity index (χ3n) is 5.77. The monoisotopic (exact) mass is 415 g/mol. The third kappa shape index (κ3) is 4.83. The molecule has 3 rings (SSSR count). The molecule has 0 heterocycles. The molecule has 27 heavy (non-hydrogen) atoms. The number of aryl methyl sites for hydroxylation is 1. The van der Waals surface area contributed by atoms with Crippen LogP contribution >= 0.6 is 12.4 Å². The van der Waals surface area contributed by atoms with Crippen LogP contribution in [-0.2, 0) is 10.0 Å². The number of amides is 1. The molecule has 1 amide bonds. The summed E-state index contributed by atoms with van der Waals surface area (Å²) >= 11 is 0. The number of sulfonamides is 1. The topological polar surface area (TPSA) is 101 Å². The van der Waals surface area contributed by atoms with Crippen LogP contribution < -0.4 is 15.8 Å². The largest absolute Gasteiger partial charge is 0.349 e. The van der Waals surface area contributed by atoms with Gasteiger partial charge in [-0.2, -0.15) is 0 Å². The minimum atomic E-state index is -3.59. The zero-order valence-electron chi connectivity index (χ0n) is 15.9. The van der Waals surface area contributed by atoms with E-state index in [-0.39, 0.29) is 35.3 Å². The van der Waals surface area contributed by atoms with Crippen molar-refractivity contribution in [2.75, 3.05) is 6.54 Å². The third-order valence-corrected chi connectivity index (χ3v) is 7.32. The molecular formula is C19H30ClN3O3S. The van der Waals surface area contributed by atoms with Gasteiger partial charge in [0.05, 0.1) is 4.90 Å². The number of rotatable bonds is 5. The Morgan fingerprint density at radius 1 is 1.22 bits per heavy atom. The van der Waals surface area contributed by atoms with E-state index in [0.717, 1.165) is 31.2 Å². The normalized spacial score (nSPS) is 27.5. The predicted molar refractivity (Wildman–Crippen MR) is 109 cm³/mol. The van der Waals surface area contributed by atoms with Gasteiger partial charge in [0, 0.05) is 24.2 Å². The van der Waals surface area contributed by atoms with Crippen molar-refractivity contribution in [2.45, 2.75) is 62.9 Å². The summed E-state index contributed by atoms with van der Waals surface area (Å²) in [7, 11) is -3.59. The lowest BCUT2D eigenvalue weighted by Gasteiger charge is -2.45. The molecule has 2 aliphatic rings. The van der Waals surface area contributed by atoms with Crippen LogP contribution in [-0.4, -0.2) is 33.0 Å². The number of benzene rings is 1. The summed E-state index contributed by atoms with van der Waals surface area (Å²) in [5.74, 6) is 0.666. The first-order valence-electron chi connectivity index (χ1n) is 9.48. The fourth-order valence-electron chi connectivity index (χ4n) is 4.54. The zero-order valence-corrected chi connectivity index (χ0v) is 17.5. The van der Waals surface area contributed by atoms with E-state index in [2.05, 4.69) is 10.0 Å². The van der Waals surface area contributed by atoms with E-state index in [1.807, 2.05) is 6.92 Å². The van der Waals surface area contributed by atoms with Gasteiger partial charge in [0.1, 0.15) is 0 Å². The first-order valence-corrected chi connectivity index (χ1v) is 11.0. The maximum absolute atomic E-state index is 12.9. The molecule has 0 aliphatic heterocycles. The Hall–Kier alpha value is -1.15. The molecule has 4 N–H and O–H groups in total. The van der Waals surface area contributed by atoms with Crippen LogP contribution in [0, 0.1) is 18.8 Å². The number of nitrogens with one attached hydrogen (secondary N) is 2. The first kappa shape index (κ1) is 22.1. The number of carbonyl (C=O) groups excluding carboxylic acids is 1. The molecule has 152 valence electrons. The number of nitrogens with two attached hydrogens (primary N) is 1. The first-order chi connectivity index (χ1) is 12.3. The van der Waals surface area contributed by atoms with Gasteiger partial charge in [0.15, 0.2) is 0 Å². The van der Waals surface area contributed by atoms with Gasteiger partial charge in [-0.1, -0.05) is 19.4 Å². The van der Waals surface area contributed by atoms with Crippen molar-refractivity contribution >= 4 is 28.3 Å². The summed E-state index contributed by atoms with van der Waals surface area (Å²) in [5, 5.41) is 3.20. The van der Waals surface area contributed by atoms with Crippen LogP contribution in [0.1, 0.15) is 54.9 Å². The van der Waals surface area contributed by atoms with Gasteiger partial charge in [-0.15, -0.1) is 12.4 Å². The van der Waals surface area contributed by atoms with Gasteiger partial charge < -0.3 is 11.1 Å². The van der Waals surface area contributed by atoms with Crippen molar-refractivity contribution in [2.24, 2.45) is 17.6 Å². The molecule has 2 unspecified atom stereocenters. The number of carbonyl (C=O) groups is 1. The lowest BCUT2D eigenvalue weighted by Crippen LogP contribution is -2.53. The van der Waals surface area contributed by atoms with Gasteiger partial charge in [0.25, 0.3) is 5.91 Å². The lowest BCUT2D eigenvalue weighted by atomic mass is 9.67. The van der Waals surface area contributed by atoms with Gasteiger partial charge in [-0.25, -0.2) is 13.1 Å². The van der Waals surface area contributed by atoms with Crippen molar-refractivity contribution < 1.29 is 13.2 Å². The number of hydrogen-bond acceptors (Lipinski definition) is 4. The standard InChI is InChI=1S/C19H29N3O3S.ClH/c1-3-21-26(24,25)16-8-7-12(2)17(11-16)19(23)22-18-13-5-4-6-14(18)10-15(20)9-13;/h7-8,11,13-15,18,21H,3-6,9-10,20H2,1-2H3,(H,22,23);1H. The number of halogens is 1. The van der Waals surface area contributed by atoms with Crippen LogP contribution in [0.5, 0.6) is 0 Å². The number of hydrogen-bond donors (Lipinski definition) is 3. The second-order valence-electron chi connectivity index (χ2n) is 7.66. The highest BCUT2D eigenvalue weighted by molar-refractivity contribution is 7.89. The summed E-state index contributed by atoms with van der Waals surface area (Å²) in [6, 6.07) is 5.08. The highest BCUT2D eigenvalue weighted by Gasteiger charge is 2.40. The summed E-state index contributed by atoms with van der Waals surface area (Å²) in [4.78, 5) is 13.1. The second-order valence-corrected chi connectivity index (χ2v) is 9.43. The van der Waals surface area contributed by atoms with Crippen molar-refractivity contribution in [3.8, 4) is 0 Å². The molecule has 2 saturated carbocycles. The van der Waals surface area contributed by atoms with E-state index in [1.54, 1.807) is 19.1 Å². The van der Waals surface area contributed by atoms with Crippen molar-refractivity contribution in [3.63, 3.8) is 0 Å². The SMILES string of the molecule is CCNS(=O)(=O)c1ccc(C)c(C(=O)NC2C3CCCC2CC(N)C3)c1.Cl. The Labute approximate surface area is 168 Å². The highest BCUT2D eigenvalue weighted by Crippen LogP contribution is 2.39. The summed E-state index contributed by atoms with van der Waals surface area (Å²) in [6.45, 7) is 3.87. The van der Waals surface area contributed by atoms with Gasteiger partial charge in [-0.05, 0) is 62.1 Å². The molecule has 2 fully saturated rings. The second kappa shape index (κ2) is 8.90. The molecule has 1 aromatic carbocycles. The van der Waals surface area contributed by atoms with Crippen molar-refractivity contribution in [1.82, 2.24) is 10.0 Å². The van der Waals surface area contributed by atoms with E-state index in [9.17, 15) is 13.2 Å². The molecule has 0 aromatic heterocycles. The molecule has 6 nitrogen and oxygen atoms in total. The summed E-state index contributed by atoms with van der Waals surface area (Å²) < 4.78 is 27.0. The van der Waals surface area contributed by atoms with E-state index in [0.29, 0.717) is 23.9 Å². The van der Waals surface area contributed by atoms with Gasteiger partial charge in [0.2, 0.25) is 10.0 Å². The predicted octanol–water partition coefficient (Wildman–Crippen LogP) is 2.35. The van der Waals surface area contributed by atoms with E-state index in [4.69, 9.17) is 5.73 Å². The molecule has 2 bridgehead atoms. The van der Waals surface area contributed by atoms with E-state index < -0.39 is 10.0 Å². The average molecular weight is 416 g/mol. The maximum atomic E-state index is 12.9. The minimum absolute atomic E-state index is 0. The molecule has 0 saturated heterocycles. The molecule has 0 radical (unpaired) electrons. The van der Waals surface area contributed by atoms with E-state index in [1.165, 1.54) is 12.5 Å². The smallest absolute Gasteiger partial charge is 0.251 e. The molecular weight excluding hydrogens is 386 g/mol. The fraction of sp³-hybridized carbons (Fsp3) is 0.632. The Morgan fingerprint density at radius 3 is 2.44 bits per heavy atom. The quantitative estimate of drug-likeness (QED) is 0.686. The fourth-order valence-corrected chi connectivity index (χ4v) is 5.61. The van der Waals surface area contributed by atoms with Crippen LogP contribution in [0.2, 0.25) is 0 Å². The zero-order chi connectivity index (χ0) is 18.9. The van der Waals surface area contributed by atoms with Crippen LogP contribution in [0.3, 0.4) is 0 Å². The molecule has 2 atom stereocenters. The maximum Gasteiger partial charge on any atom is 0.251 e. The Morgan fingerprint density at radius 2 is 1.85 bits per heavy atom. The molecule has 1 aromatic rings. The summed E-state index contributed by atoms with van der Waals surface area (Å²) in [6.07, 6.45) is 5.31. The Kier molecular flexibility index (Phi) is 7.30. The van der Waals surface area contributed by atoms with Crippen LogP contribution in [0.15, 0.2) is 23.1 Å². The minimum Gasteiger partial charge on any atom is -0.349 e. The van der Waals surface area contributed by atoms with Crippen molar-refractivity contribution in [1.29, 1.82) is 0 Å². The van der Waals surface area contributed by atoms with E-state index >= 15 is 0 Å². The Bertz CT molecular complexity index is 770. The highest BCUT2D eigenvalue weighted by atomic mass is 35.5. The van der Waals surface area contributed by atoms with Gasteiger partial charge in [-0.3, -0.25) is 4.79 Å². The average Bonchev–Trinajstić information content (AvgIpc) is 2.55. The number of fused-ring (bicyclic) bond motifs is 2. The lowest BCUT2D eigenvalue weighted by molar-refractivity contribution is 0.0755. The van der Waals surface area contributed by atoms with Crippen LogP contribution in [0.4, 0.5) is 0 Å². The van der Waals surface area contributed by atoms with Crippen molar-refractivity contribution in [3.05, 3.63) is 29.3 Å². The molecule has 2 aliphatic carbocycles. The summed E-state index contributed by atoms with van der Waals surface area (Å²) in [5.41, 5.74) is 7.36. The van der Waals surface area contributed by atoms with Gasteiger partial charge >= 0.3 is 0 Å². The molecule has 8 heteroatoms. The molecule has 0 spiro atoms.